The first-order valence-electron chi connectivity index (χ1n) is 8.63. The molecule has 1 aliphatic rings. The highest BCUT2D eigenvalue weighted by Crippen LogP contribution is 2.31. The normalized spacial score (nSPS) is 15.3. The van der Waals surface area contributed by atoms with E-state index in [1.807, 2.05) is 18.2 Å². The van der Waals surface area contributed by atoms with Gasteiger partial charge in [0.15, 0.2) is 0 Å². The van der Waals surface area contributed by atoms with E-state index in [-0.39, 0.29) is 27.9 Å². The van der Waals surface area contributed by atoms with Crippen LogP contribution < -0.4 is 10.1 Å². The van der Waals surface area contributed by atoms with E-state index in [1.165, 1.54) is 36.6 Å². The van der Waals surface area contributed by atoms with E-state index >= 15 is 0 Å². The lowest BCUT2D eigenvalue weighted by atomic mass is 9.98. The quantitative estimate of drug-likeness (QED) is 0.660. The van der Waals surface area contributed by atoms with E-state index in [9.17, 15) is 9.59 Å². The Hall–Kier alpha value is -1.89. The highest BCUT2D eigenvalue weighted by molar-refractivity contribution is 7.99. The maximum absolute atomic E-state index is 12.3. The van der Waals surface area contributed by atoms with Gasteiger partial charge >= 0.3 is 5.97 Å². The molecule has 2 aromatic rings. The Kier molecular flexibility index (Phi) is 7.10. The monoisotopic (exact) mass is 439 g/mol. The van der Waals surface area contributed by atoms with Gasteiger partial charge in [-0.3, -0.25) is 4.79 Å². The number of esters is 1. The van der Waals surface area contributed by atoms with Crippen molar-refractivity contribution in [1.82, 2.24) is 0 Å². The Morgan fingerprint density at radius 1 is 1.29 bits per heavy atom. The number of benzene rings is 2. The molecule has 0 bridgehead atoms. The van der Waals surface area contributed by atoms with Crippen molar-refractivity contribution in [2.24, 2.45) is 5.92 Å². The summed E-state index contributed by atoms with van der Waals surface area (Å²) in [7, 11) is 1.25. The second-order valence-corrected chi connectivity index (χ2v) is 8.23. The third-order valence-corrected chi connectivity index (χ3v) is 5.95. The van der Waals surface area contributed by atoms with Crippen molar-refractivity contribution in [3.05, 3.63) is 57.6 Å². The smallest absolute Gasteiger partial charge is 0.341 e. The molecule has 28 heavy (non-hydrogen) atoms. The second-order valence-electron chi connectivity index (χ2n) is 6.35. The van der Waals surface area contributed by atoms with Crippen LogP contribution in [0.4, 0.5) is 5.69 Å². The molecule has 0 fully saturated rings. The fourth-order valence-electron chi connectivity index (χ4n) is 2.98. The summed E-state index contributed by atoms with van der Waals surface area (Å²) in [4.78, 5) is 24.3. The van der Waals surface area contributed by atoms with Gasteiger partial charge in [-0.1, -0.05) is 41.4 Å². The Morgan fingerprint density at radius 2 is 2.07 bits per heavy atom. The number of carbonyl (C=O) groups is 2. The minimum atomic E-state index is -0.636. The highest BCUT2D eigenvalue weighted by Gasteiger charge is 2.21. The lowest BCUT2D eigenvalue weighted by molar-refractivity contribution is -0.113. The minimum absolute atomic E-state index is 0.0872. The van der Waals surface area contributed by atoms with Gasteiger partial charge in [-0.15, -0.1) is 0 Å². The van der Waals surface area contributed by atoms with Crippen LogP contribution in [0.15, 0.2) is 36.4 Å². The largest absolute Gasteiger partial charge is 0.493 e. The average Bonchev–Trinajstić information content (AvgIpc) is 2.67. The Bertz CT molecular complexity index is 891. The SMILES string of the molecule is COC(=O)c1c(Cl)cc(Cl)cc1NC(=O)CSCC1COc2ccccc2C1. The van der Waals surface area contributed by atoms with Crippen molar-refractivity contribution in [2.75, 3.05) is 30.5 Å². The molecule has 1 unspecified atom stereocenters. The van der Waals surface area contributed by atoms with Crippen LogP contribution in [-0.4, -0.2) is 37.1 Å². The van der Waals surface area contributed by atoms with Crippen LogP contribution in [0.2, 0.25) is 10.0 Å². The molecule has 1 atom stereocenters. The van der Waals surface area contributed by atoms with Crippen molar-refractivity contribution in [3.63, 3.8) is 0 Å². The van der Waals surface area contributed by atoms with E-state index in [0.29, 0.717) is 17.5 Å². The second kappa shape index (κ2) is 9.54. The van der Waals surface area contributed by atoms with Gasteiger partial charge in [0.2, 0.25) is 5.91 Å². The molecule has 3 rings (SSSR count). The molecule has 5 nitrogen and oxygen atoms in total. The van der Waals surface area contributed by atoms with Crippen molar-refractivity contribution in [2.45, 2.75) is 6.42 Å². The molecule has 1 N–H and O–H groups in total. The van der Waals surface area contributed by atoms with Gasteiger partial charge < -0.3 is 14.8 Å². The molecular weight excluding hydrogens is 421 g/mol. The number of methoxy groups -OCH3 is 1. The first-order valence-corrected chi connectivity index (χ1v) is 10.5. The minimum Gasteiger partial charge on any atom is -0.493 e. The maximum atomic E-state index is 12.3. The molecule has 0 aliphatic carbocycles. The zero-order valence-corrected chi connectivity index (χ0v) is 17.5. The number of anilines is 1. The molecule has 1 aliphatic heterocycles. The van der Waals surface area contributed by atoms with Crippen LogP contribution in [0.5, 0.6) is 5.75 Å². The molecule has 8 heteroatoms. The summed E-state index contributed by atoms with van der Waals surface area (Å²) >= 11 is 13.6. The molecule has 0 spiro atoms. The number of para-hydroxylation sites is 1. The lowest BCUT2D eigenvalue weighted by Gasteiger charge is -2.24. The number of thioether (sulfide) groups is 1. The molecule has 1 amide bonds. The fraction of sp³-hybridized carbons (Fsp3) is 0.300. The van der Waals surface area contributed by atoms with Gasteiger partial charge in [-0.25, -0.2) is 4.79 Å². The molecule has 0 radical (unpaired) electrons. The summed E-state index contributed by atoms with van der Waals surface area (Å²) < 4.78 is 10.5. The van der Waals surface area contributed by atoms with Gasteiger partial charge in [0.25, 0.3) is 0 Å². The fourth-order valence-corrected chi connectivity index (χ4v) is 4.48. The lowest BCUT2D eigenvalue weighted by Crippen LogP contribution is -2.24. The maximum Gasteiger partial charge on any atom is 0.341 e. The summed E-state index contributed by atoms with van der Waals surface area (Å²) in [5.41, 5.74) is 1.52. The van der Waals surface area contributed by atoms with Crippen LogP contribution in [0.3, 0.4) is 0 Å². The van der Waals surface area contributed by atoms with Crippen molar-refractivity contribution < 1.29 is 19.1 Å². The molecule has 1 heterocycles. The number of rotatable bonds is 6. The topological polar surface area (TPSA) is 64.6 Å². The van der Waals surface area contributed by atoms with Crippen molar-refractivity contribution in [1.29, 1.82) is 0 Å². The molecule has 0 saturated heterocycles. The van der Waals surface area contributed by atoms with Gasteiger partial charge in [-0.05, 0) is 30.2 Å². The van der Waals surface area contributed by atoms with E-state index in [1.54, 1.807) is 0 Å². The first-order chi connectivity index (χ1) is 13.5. The zero-order valence-electron chi connectivity index (χ0n) is 15.2. The van der Waals surface area contributed by atoms with Crippen LogP contribution in [0.1, 0.15) is 15.9 Å². The summed E-state index contributed by atoms with van der Waals surface area (Å²) in [6.07, 6.45) is 0.932. The van der Waals surface area contributed by atoms with Crippen molar-refractivity contribution >= 4 is 52.5 Å². The predicted octanol–water partition coefficient (Wildman–Crippen LogP) is 4.70. The van der Waals surface area contributed by atoms with Crippen LogP contribution >= 0.6 is 35.0 Å². The average molecular weight is 440 g/mol. The highest BCUT2D eigenvalue weighted by atomic mass is 35.5. The number of halogens is 2. The third-order valence-electron chi connectivity index (χ3n) is 4.26. The molecule has 0 aromatic heterocycles. The summed E-state index contributed by atoms with van der Waals surface area (Å²) in [6.45, 7) is 0.641. The number of carbonyl (C=O) groups excluding carboxylic acids is 2. The summed E-state index contributed by atoms with van der Waals surface area (Å²) in [5.74, 6) is 1.44. The van der Waals surface area contributed by atoms with Crippen LogP contribution in [0.25, 0.3) is 0 Å². The first kappa shape index (κ1) is 20.8. The molecule has 2 aromatic carbocycles. The Balaban J connectivity index is 1.55. The van der Waals surface area contributed by atoms with Gasteiger partial charge in [0, 0.05) is 16.7 Å². The Morgan fingerprint density at radius 3 is 2.86 bits per heavy atom. The summed E-state index contributed by atoms with van der Waals surface area (Å²) in [5, 5.41) is 3.14. The van der Waals surface area contributed by atoms with Crippen LogP contribution in [-0.2, 0) is 16.0 Å². The number of ether oxygens (including phenoxy) is 2. The van der Waals surface area contributed by atoms with Crippen molar-refractivity contribution in [3.8, 4) is 5.75 Å². The van der Waals surface area contributed by atoms with E-state index in [2.05, 4.69) is 11.4 Å². The van der Waals surface area contributed by atoms with Crippen LogP contribution in [0, 0.1) is 5.92 Å². The van der Waals surface area contributed by atoms with E-state index < -0.39 is 5.97 Å². The number of fused-ring (bicyclic) bond motifs is 1. The number of hydrogen-bond acceptors (Lipinski definition) is 5. The zero-order chi connectivity index (χ0) is 20.1. The number of nitrogens with one attached hydrogen (secondary N) is 1. The van der Waals surface area contributed by atoms with E-state index in [4.69, 9.17) is 32.7 Å². The van der Waals surface area contributed by atoms with E-state index in [0.717, 1.165) is 17.9 Å². The van der Waals surface area contributed by atoms with Gasteiger partial charge in [0.1, 0.15) is 11.3 Å². The molecular formula is C20H19Cl2NO4S. The Labute approximate surface area is 177 Å². The molecule has 148 valence electrons. The number of amides is 1. The van der Waals surface area contributed by atoms with Gasteiger partial charge in [-0.2, -0.15) is 11.8 Å². The summed E-state index contributed by atoms with van der Waals surface area (Å²) in [6, 6.07) is 10.9. The standard InChI is InChI=1S/C20H19Cl2NO4S/c1-26-20(25)19-15(22)7-14(21)8-16(19)23-18(24)11-28-10-12-6-13-4-2-3-5-17(13)27-9-12/h2-5,7-8,12H,6,9-11H2,1H3,(H,23,24). The molecule has 0 saturated carbocycles. The van der Waals surface area contributed by atoms with Gasteiger partial charge in [0.05, 0.1) is 30.2 Å². The predicted molar refractivity (Wildman–Crippen MR) is 113 cm³/mol. The third kappa shape index (κ3) is 5.13. The number of hydrogen-bond donors (Lipinski definition) is 1.